The van der Waals surface area contributed by atoms with Crippen molar-refractivity contribution in [1.82, 2.24) is 9.97 Å². The van der Waals surface area contributed by atoms with Gasteiger partial charge in [0.15, 0.2) is 0 Å². The second-order valence-electron chi connectivity index (χ2n) is 6.42. The van der Waals surface area contributed by atoms with Gasteiger partial charge in [0.25, 0.3) is 0 Å². The maximum absolute atomic E-state index is 9.67. The summed E-state index contributed by atoms with van der Waals surface area (Å²) in [4.78, 5) is 13.4. The number of nitrogens with one attached hydrogen (secondary N) is 1. The molecule has 2 aliphatic heterocycles. The van der Waals surface area contributed by atoms with Gasteiger partial charge in [-0.1, -0.05) is 18.2 Å². The largest absolute Gasteiger partial charge is 0.391 e. The first-order valence-corrected chi connectivity index (χ1v) is 8.62. The van der Waals surface area contributed by atoms with Gasteiger partial charge in [-0.15, -0.1) is 0 Å². The Morgan fingerprint density at radius 3 is 3.00 bits per heavy atom. The highest BCUT2D eigenvalue weighted by Crippen LogP contribution is 2.26. The number of hydrogen-bond donors (Lipinski definition) is 2. The molecule has 0 amide bonds. The molecule has 0 bridgehead atoms. The predicted octanol–water partition coefficient (Wildman–Crippen LogP) is 1.52. The van der Waals surface area contributed by atoms with Gasteiger partial charge in [-0.25, -0.2) is 4.98 Å². The van der Waals surface area contributed by atoms with Gasteiger partial charge in [-0.3, -0.25) is 0 Å². The van der Waals surface area contributed by atoms with Gasteiger partial charge in [0, 0.05) is 44.6 Å². The number of aliphatic hydroxyl groups excluding tert-OH is 1. The Labute approximate surface area is 142 Å². The Balaban J connectivity index is 1.34. The molecule has 6 heteroatoms. The van der Waals surface area contributed by atoms with Gasteiger partial charge < -0.3 is 20.2 Å². The van der Waals surface area contributed by atoms with Crippen molar-refractivity contribution in [3.8, 4) is 0 Å². The zero-order chi connectivity index (χ0) is 16.4. The molecule has 1 aromatic heterocycles. The third-order valence-electron chi connectivity index (χ3n) is 4.78. The quantitative estimate of drug-likeness (QED) is 0.869. The van der Waals surface area contributed by atoms with Gasteiger partial charge in [-0.2, -0.15) is 4.98 Å². The molecule has 1 fully saturated rings. The van der Waals surface area contributed by atoms with E-state index in [9.17, 15) is 5.11 Å². The van der Waals surface area contributed by atoms with Crippen LogP contribution in [0.5, 0.6) is 0 Å². The summed E-state index contributed by atoms with van der Waals surface area (Å²) in [6.45, 7) is 4.32. The molecule has 3 heterocycles. The monoisotopic (exact) mass is 325 g/mol. The third-order valence-corrected chi connectivity index (χ3v) is 4.78. The minimum atomic E-state index is -0.244. The lowest BCUT2D eigenvalue weighted by molar-refractivity contribution is 0.198. The molecule has 0 saturated carbocycles. The number of aliphatic hydroxyl groups is 1. The minimum Gasteiger partial charge on any atom is -0.391 e. The topological polar surface area (TPSA) is 64.5 Å². The Morgan fingerprint density at radius 1 is 1.21 bits per heavy atom. The van der Waals surface area contributed by atoms with E-state index in [2.05, 4.69) is 49.4 Å². The van der Waals surface area contributed by atoms with Crippen molar-refractivity contribution < 1.29 is 5.11 Å². The van der Waals surface area contributed by atoms with E-state index in [1.807, 2.05) is 6.07 Å². The summed E-state index contributed by atoms with van der Waals surface area (Å²) < 4.78 is 0. The van der Waals surface area contributed by atoms with Crippen LogP contribution in [-0.2, 0) is 6.42 Å². The zero-order valence-electron chi connectivity index (χ0n) is 13.7. The van der Waals surface area contributed by atoms with Crippen molar-refractivity contribution in [3.63, 3.8) is 0 Å². The van der Waals surface area contributed by atoms with Crippen LogP contribution in [0, 0.1) is 0 Å². The number of fused-ring (bicyclic) bond motifs is 1. The summed E-state index contributed by atoms with van der Waals surface area (Å²) in [6, 6.07) is 10.5. The molecule has 1 unspecified atom stereocenters. The Bertz CT molecular complexity index is 707. The third kappa shape index (κ3) is 3.14. The second-order valence-corrected chi connectivity index (χ2v) is 6.42. The fourth-order valence-electron chi connectivity index (χ4n) is 3.50. The van der Waals surface area contributed by atoms with Crippen LogP contribution in [0.25, 0.3) is 0 Å². The number of nitrogens with zero attached hydrogens (tertiary/aromatic N) is 4. The molecule has 0 aliphatic carbocycles. The van der Waals surface area contributed by atoms with Gasteiger partial charge in [0.05, 0.1) is 6.10 Å². The fraction of sp³-hybridized carbons (Fsp3) is 0.444. The van der Waals surface area contributed by atoms with Crippen molar-refractivity contribution in [1.29, 1.82) is 0 Å². The first-order valence-electron chi connectivity index (χ1n) is 8.62. The van der Waals surface area contributed by atoms with Crippen molar-refractivity contribution in [3.05, 3.63) is 42.1 Å². The molecule has 1 aromatic carbocycles. The summed E-state index contributed by atoms with van der Waals surface area (Å²) in [5.74, 6) is 1.54. The van der Waals surface area contributed by atoms with Crippen LogP contribution in [0.1, 0.15) is 12.0 Å². The molecule has 6 nitrogen and oxygen atoms in total. The van der Waals surface area contributed by atoms with E-state index >= 15 is 0 Å². The molecule has 2 N–H and O–H groups in total. The zero-order valence-corrected chi connectivity index (χ0v) is 13.7. The van der Waals surface area contributed by atoms with E-state index in [0.717, 1.165) is 44.8 Å². The predicted molar refractivity (Wildman–Crippen MR) is 95.7 cm³/mol. The van der Waals surface area contributed by atoms with Crippen molar-refractivity contribution >= 4 is 17.5 Å². The average Bonchev–Trinajstić information content (AvgIpc) is 3.22. The fourth-order valence-corrected chi connectivity index (χ4v) is 3.50. The van der Waals surface area contributed by atoms with Gasteiger partial charge in [-0.05, 0) is 30.5 Å². The summed E-state index contributed by atoms with van der Waals surface area (Å²) in [5, 5.41) is 13.0. The van der Waals surface area contributed by atoms with Crippen molar-refractivity contribution in [2.45, 2.75) is 18.9 Å². The maximum Gasteiger partial charge on any atom is 0.224 e. The van der Waals surface area contributed by atoms with Crippen LogP contribution < -0.4 is 15.1 Å². The number of aromatic nitrogens is 2. The molecule has 4 rings (SSSR count). The normalized spacial score (nSPS) is 19.6. The molecule has 1 atom stereocenters. The van der Waals surface area contributed by atoms with Crippen LogP contribution in [0.2, 0.25) is 0 Å². The highest BCUT2D eigenvalue weighted by atomic mass is 16.3. The van der Waals surface area contributed by atoms with E-state index in [1.54, 1.807) is 6.20 Å². The minimum absolute atomic E-state index is 0.244. The first kappa shape index (κ1) is 15.2. The molecule has 2 aliphatic rings. The number of para-hydroxylation sites is 1. The van der Waals surface area contributed by atoms with E-state index in [-0.39, 0.29) is 6.10 Å². The Morgan fingerprint density at radius 2 is 2.12 bits per heavy atom. The summed E-state index contributed by atoms with van der Waals surface area (Å²) in [6.07, 6.45) is 3.47. The van der Waals surface area contributed by atoms with Crippen LogP contribution in [-0.4, -0.2) is 53.9 Å². The van der Waals surface area contributed by atoms with E-state index < -0.39 is 0 Å². The molecule has 0 spiro atoms. The lowest BCUT2D eigenvalue weighted by atomic mass is 10.2. The maximum atomic E-state index is 9.67. The number of rotatable bonds is 5. The highest BCUT2D eigenvalue weighted by Gasteiger charge is 2.21. The summed E-state index contributed by atoms with van der Waals surface area (Å²) >= 11 is 0. The van der Waals surface area contributed by atoms with Gasteiger partial charge in [0.2, 0.25) is 5.95 Å². The second kappa shape index (κ2) is 6.65. The average molecular weight is 325 g/mol. The Kier molecular flexibility index (Phi) is 4.21. The highest BCUT2D eigenvalue weighted by molar-refractivity contribution is 5.57. The van der Waals surface area contributed by atoms with E-state index in [1.165, 1.54) is 11.3 Å². The lowest BCUT2D eigenvalue weighted by Crippen LogP contribution is -2.28. The van der Waals surface area contributed by atoms with Crippen molar-refractivity contribution in [2.75, 3.05) is 47.8 Å². The van der Waals surface area contributed by atoms with Gasteiger partial charge >= 0.3 is 0 Å². The SMILES string of the molecule is OC1CCN(c2ccnc(NCCN3CCc4ccccc43)n2)C1. The lowest BCUT2D eigenvalue weighted by Gasteiger charge is -2.20. The van der Waals surface area contributed by atoms with Crippen LogP contribution >= 0.6 is 0 Å². The van der Waals surface area contributed by atoms with Crippen LogP contribution in [0.15, 0.2) is 36.5 Å². The number of β-amino-alcohol motifs (C(OH)–C–C–N with tert-alkyl or cyclic N) is 1. The van der Waals surface area contributed by atoms with Gasteiger partial charge in [0.1, 0.15) is 5.82 Å². The molecule has 1 saturated heterocycles. The van der Waals surface area contributed by atoms with Crippen LogP contribution in [0.4, 0.5) is 17.5 Å². The number of benzene rings is 1. The van der Waals surface area contributed by atoms with E-state index in [0.29, 0.717) is 12.5 Å². The first-order chi connectivity index (χ1) is 11.8. The van der Waals surface area contributed by atoms with Crippen molar-refractivity contribution in [2.24, 2.45) is 0 Å². The molecular weight excluding hydrogens is 302 g/mol. The standard InChI is InChI=1S/C18H23N5O/c24-15-7-11-23(13-15)17-5-8-19-18(21-17)20-9-12-22-10-6-14-3-1-2-4-16(14)22/h1-5,8,15,24H,6-7,9-13H2,(H,19,20,21). The molecule has 126 valence electrons. The molecule has 24 heavy (non-hydrogen) atoms. The summed E-state index contributed by atoms with van der Waals surface area (Å²) in [7, 11) is 0. The Hall–Kier alpha value is -2.34. The number of hydrogen-bond acceptors (Lipinski definition) is 6. The number of anilines is 3. The smallest absolute Gasteiger partial charge is 0.224 e. The summed E-state index contributed by atoms with van der Waals surface area (Å²) in [5.41, 5.74) is 2.78. The molecule has 0 radical (unpaired) electrons. The van der Waals surface area contributed by atoms with E-state index in [4.69, 9.17) is 0 Å². The van der Waals surface area contributed by atoms with Crippen LogP contribution in [0.3, 0.4) is 0 Å². The molecular formula is C18H23N5O. The molecule has 2 aromatic rings.